The van der Waals surface area contributed by atoms with Crippen LogP contribution < -0.4 is 5.32 Å². The topological polar surface area (TPSA) is 88.4 Å². The number of amides is 1. The number of benzene rings is 1. The van der Waals surface area contributed by atoms with E-state index in [0.717, 1.165) is 25.0 Å². The van der Waals surface area contributed by atoms with E-state index in [0.29, 0.717) is 17.9 Å². The first-order chi connectivity index (χ1) is 12.6. The highest BCUT2D eigenvalue weighted by atomic mass is 16.5. The monoisotopic (exact) mass is 355 g/mol. The van der Waals surface area contributed by atoms with Crippen molar-refractivity contribution in [2.75, 3.05) is 6.61 Å². The SMILES string of the molecule is C#[N+]c1ccc(C(=O)N[C@H](Cc2cnc[nH]2)C(=O)OCCCCC)cc1. The highest BCUT2D eigenvalue weighted by Gasteiger charge is 2.24. The van der Waals surface area contributed by atoms with Gasteiger partial charge in [0.2, 0.25) is 0 Å². The van der Waals surface area contributed by atoms with E-state index in [2.05, 4.69) is 27.1 Å². The van der Waals surface area contributed by atoms with Crippen molar-refractivity contribution in [2.24, 2.45) is 0 Å². The number of hydrogen-bond acceptors (Lipinski definition) is 4. The maximum Gasteiger partial charge on any atom is 0.339 e. The normalized spacial score (nSPS) is 11.4. The predicted molar refractivity (Wildman–Crippen MR) is 98.4 cm³/mol. The summed E-state index contributed by atoms with van der Waals surface area (Å²) in [6.07, 6.45) is 6.24. The Balaban J connectivity index is 2.03. The van der Waals surface area contributed by atoms with Crippen LogP contribution in [0.25, 0.3) is 4.85 Å². The number of hydrogen-bond donors (Lipinski definition) is 2. The second kappa shape index (κ2) is 9.99. The number of ether oxygens (including phenoxy) is 1. The van der Waals surface area contributed by atoms with Gasteiger partial charge in [-0.15, -0.1) is 0 Å². The van der Waals surface area contributed by atoms with Gasteiger partial charge in [0.15, 0.2) is 0 Å². The summed E-state index contributed by atoms with van der Waals surface area (Å²) in [5, 5.41) is 2.73. The van der Waals surface area contributed by atoms with E-state index in [-0.39, 0.29) is 12.3 Å². The van der Waals surface area contributed by atoms with Crippen molar-refractivity contribution in [3.63, 3.8) is 0 Å². The number of imidazole rings is 1. The van der Waals surface area contributed by atoms with Gasteiger partial charge in [0.1, 0.15) is 6.04 Å². The maximum atomic E-state index is 12.5. The van der Waals surface area contributed by atoms with Gasteiger partial charge in [-0.05, 0) is 23.4 Å². The quantitative estimate of drug-likeness (QED) is 0.534. The molecule has 0 fully saturated rings. The van der Waals surface area contributed by atoms with Crippen molar-refractivity contribution in [1.82, 2.24) is 15.3 Å². The van der Waals surface area contributed by atoms with Crippen LogP contribution in [0.2, 0.25) is 0 Å². The van der Waals surface area contributed by atoms with E-state index in [9.17, 15) is 9.59 Å². The molecule has 0 saturated carbocycles. The molecule has 1 aromatic heterocycles. The summed E-state index contributed by atoms with van der Waals surface area (Å²) in [6, 6.07) is 5.65. The van der Waals surface area contributed by atoms with Crippen LogP contribution in [0.5, 0.6) is 0 Å². The van der Waals surface area contributed by atoms with Crippen LogP contribution in [-0.2, 0) is 16.0 Å². The van der Waals surface area contributed by atoms with Gasteiger partial charge in [-0.25, -0.2) is 9.78 Å². The Labute approximate surface area is 152 Å². The van der Waals surface area contributed by atoms with Crippen LogP contribution in [0.3, 0.4) is 0 Å². The number of carbonyl (C=O) groups is 2. The number of esters is 1. The molecule has 2 N–H and O–H groups in total. The fourth-order valence-corrected chi connectivity index (χ4v) is 2.38. The molecule has 0 aliphatic rings. The van der Waals surface area contributed by atoms with Crippen molar-refractivity contribution in [3.8, 4) is 6.57 Å². The van der Waals surface area contributed by atoms with E-state index in [4.69, 9.17) is 11.3 Å². The number of unbranched alkanes of at least 4 members (excludes halogenated alkanes) is 2. The highest BCUT2D eigenvalue weighted by Crippen LogP contribution is 2.13. The number of nitrogens with zero attached hydrogens (tertiary/aromatic N) is 2. The number of nitrogens with one attached hydrogen (secondary N) is 2. The minimum atomic E-state index is -0.802. The van der Waals surface area contributed by atoms with Gasteiger partial charge < -0.3 is 15.0 Å². The fourth-order valence-electron chi connectivity index (χ4n) is 2.38. The average Bonchev–Trinajstić information content (AvgIpc) is 3.17. The minimum absolute atomic E-state index is 0.272. The molecule has 1 aromatic carbocycles. The fraction of sp³-hybridized carbons (Fsp3) is 0.368. The Morgan fingerprint density at radius 3 is 2.69 bits per heavy atom. The molecular formula is C19H23N4O3+. The zero-order chi connectivity index (χ0) is 18.8. The zero-order valence-corrected chi connectivity index (χ0v) is 14.8. The summed E-state index contributed by atoms with van der Waals surface area (Å²) >= 11 is 0. The molecule has 0 bridgehead atoms. The van der Waals surface area contributed by atoms with Gasteiger partial charge in [-0.1, -0.05) is 19.8 Å². The lowest BCUT2D eigenvalue weighted by Gasteiger charge is -2.17. The molecule has 1 atom stereocenters. The molecule has 1 heterocycles. The van der Waals surface area contributed by atoms with E-state index in [1.54, 1.807) is 30.5 Å². The standard InChI is InChI=1S/C19H22N4O3/c1-3-4-5-10-26-19(25)17(11-16-12-21-13-22-16)23-18(24)14-6-8-15(20-2)9-7-14/h2,6-9,12-13,17H,3-5,10-11H2,1H3,(H-,21,22,23,24)/p+1/t17-/m1/s1. The lowest BCUT2D eigenvalue weighted by Crippen LogP contribution is -2.43. The van der Waals surface area contributed by atoms with E-state index < -0.39 is 12.0 Å². The largest absolute Gasteiger partial charge is 0.464 e. The van der Waals surface area contributed by atoms with Crippen LogP contribution in [0.4, 0.5) is 5.69 Å². The lowest BCUT2D eigenvalue weighted by molar-refractivity contribution is -0.146. The lowest BCUT2D eigenvalue weighted by atomic mass is 10.1. The molecule has 7 nitrogen and oxygen atoms in total. The van der Waals surface area contributed by atoms with Crippen LogP contribution in [0, 0.1) is 6.57 Å². The first-order valence-electron chi connectivity index (χ1n) is 8.59. The summed E-state index contributed by atoms with van der Waals surface area (Å²) < 4.78 is 5.31. The average molecular weight is 355 g/mol. The second-order valence-electron chi connectivity index (χ2n) is 5.86. The van der Waals surface area contributed by atoms with Crippen LogP contribution >= 0.6 is 0 Å². The smallest absolute Gasteiger partial charge is 0.339 e. The van der Waals surface area contributed by atoms with Crippen molar-refractivity contribution in [2.45, 2.75) is 38.6 Å². The second-order valence-corrected chi connectivity index (χ2v) is 5.86. The Kier molecular flexibility index (Phi) is 7.37. The third kappa shape index (κ3) is 5.74. The van der Waals surface area contributed by atoms with Gasteiger partial charge in [0, 0.05) is 36.0 Å². The van der Waals surface area contributed by atoms with E-state index in [1.807, 2.05) is 0 Å². The minimum Gasteiger partial charge on any atom is -0.464 e. The van der Waals surface area contributed by atoms with Gasteiger partial charge in [-0.3, -0.25) is 4.79 Å². The summed E-state index contributed by atoms with van der Waals surface area (Å²) in [5.41, 5.74) is 1.70. The van der Waals surface area contributed by atoms with Gasteiger partial charge in [0.25, 0.3) is 12.5 Å². The van der Waals surface area contributed by atoms with Gasteiger partial charge in [0.05, 0.1) is 12.9 Å². The summed E-state index contributed by atoms with van der Waals surface area (Å²) in [5.74, 6) is -0.832. The van der Waals surface area contributed by atoms with Gasteiger partial charge in [-0.2, -0.15) is 0 Å². The first kappa shape index (κ1) is 19.2. The molecule has 1 amide bonds. The van der Waals surface area contributed by atoms with Crippen molar-refractivity contribution in [3.05, 3.63) is 52.9 Å². The molecule has 0 saturated heterocycles. The molecule has 0 unspecified atom stereocenters. The Bertz CT molecular complexity index is 748. The summed E-state index contributed by atoms with van der Waals surface area (Å²) in [7, 11) is 0. The molecule has 0 aliphatic carbocycles. The van der Waals surface area contributed by atoms with Crippen LogP contribution in [0.15, 0.2) is 36.8 Å². The number of aromatic amines is 1. The summed E-state index contributed by atoms with van der Waals surface area (Å²) in [4.78, 5) is 35.3. The first-order valence-corrected chi connectivity index (χ1v) is 8.59. The number of aromatic nitrogens is 2. The van der Waals surface area contributed by atoms with Gasteiger partial charge >= 0.3 is 11.7 Å². The molecule has 136 valence electrons. The third-order valence-corrected chi connectivity index (χ3v) is 3.84. The zero-order valence-electron chi connectivity index (χ0n) is 14.8. The molecule has 0 spiro atoms. The Morgan fingerprint density at radius 2 is 2.08 bits per heavy atom. The molecule has 0 radical (unpaired) electrons. The number of H-pyrrole nitrogens is 1. The molecular weight excluding hydrogens is 332 g/mol. The molecule has 26 heavy (non-hydrogen) atoms. The summed E-state index contributed by atoms with van der Waals surface area (Å²) in [6.45, 7) is 7.61. The third-order valence-electron chi connectivity index (χ3n) is 3.84. The molecule has 2 aromatic rings. The van der Waals surface area contributed by atoms with Crippen LogP contribution in [-0.4, -0.2) is 34.5 Å². The molecule has 2 rings (SSSR count). The maximum absolute atomic E-state index is 12.5. The number of carbonyl (C=O) groups excluding carboxylic acids is 2. The van der Waals surface area contributed by atoms with E-state index in [1.165, 1.54) is 6.33 Å². The molecule has 0 aliphatic heterocycles. The van der Waals surface area contributed by atoms with Crippen LogP contribution in [0.1, 0.15) is 42.2 Å². The molecule has 7 heteroatoms. The number of rotatable bonds is 9. The highest BCUT2D eigenvalue weighted by molar-refractivity contribution is 5.97. The Hall–Kier alpha value is -3.14. The van der Waals surface area contributed by atoms with E-state index >= 15 is 0 Å². The van der Waals surface area contributed by atoms with Crippen molar-refractivity contribution in [1.29, 1.82) is 0 Å². The predicted octanol–water partition coefficient (Wildman–Crippen LogP) is 3.08. The Morgan fingerprint density at radius 1 is 1.31 bits per heavy atom. The van der Waals surface area contributed by atoms with Crippen molar-refractivity contribution >= 4 is 17.6 Å². The van der Waals surface area contributed by atoms with Crippen molar-refractivity contribution < 1.29 is 14.3 Å².